The van der Waals surface area contributed by atoms with Crippen molar-refractivity contribution in [3.05, 3.63) is 23.8 Å². The number of anilines is 1. The van der Waals surface area contributed by atoms with Gasteiger partial charge in [-0.15, -0.1) is 0 Å². The molecular weight excluding hydrogens is 354 g/mol. The van der Waals surface area contributed by atoms with E-state index >= 15 is 0 Å². The van der Waals surface area contributed by atoms with Crippen molar-refractivity contribution in [1.82, 2.24) is 20.4 Å². The molecule has 0 radical (unpaired) electrons. The average Bonchev–Trinajstić information content (AvgIpc) is 2.84. The quantitative estimate of drug-likeness (QED) is 0.700. The predicted octanol–water partition coefficient (Wildman–Crippen LogP) is 1.82. The third-order valence-corrected chi connectivity index (χ3v) is 4.49. The Balaban J connectivity index is 1.83. The number of fused-ring (bicyclic) bond motifs is 1. The highest BCUT2D eigenvalue weighted by Crippen LogP contribution is 2.43. The van der Waals surface area contributed by atoms with E-state index in [1.54, 1.807) is 7.05 Å². The van der Waals surface area contributed by atoms with Crippen LogP contribution in [-0.2, 0) is 17.5 Å². The first-order valence-corrected chi connectivity index (χ1v) is 8.06. The summed E-state index contributed by atoms with van der Waals surface area (Å²) in [5.41, 5.74) is -3.47. The lowest BCUT2D eigenvalue weighted by atomic mass is 9.96. The minimum absolute atomic E-state index is 0.0791. The molecule has 10 heteroatoms. The number of nitrogens with zero attached hydrogens (tertiary/aromatic N) is 2. The maximum atomic E-state index is 14.3. The lowest BCUT2D eigenvalue weighted by molar-refractivity contribution is -0.228. The summed E-state index contributed by atoms with van der Waals surface area (Å²) in [7, 11) is 1.62. The number of alkyl halides is 4. The zero-order valence-corrected chi connectivity index (χ0v) is 14.2. The number of hydrogen-bond donors (Lipinski definition) is 3. The van der Waals surface area contributed by atoms with Crippen molar-refractivity contribution in [1.29, 1.82) is 0 Å². The van der Waals surface area contributed by atoms with Crippen LogP contribution in [0.2, 0.25) is 0 Å². The van der Waals surface area contributed by atoms with Crippen LogP contribution in [0.1, 0.15) is 12.5 Å². The Hall–Kier alpha value is -2.36. The number of nitrogens with one attached hydrogen (secondary N) is 3. The van der Waals surface area contributed by atoms with E-state index in [0.29, 0.717) is 30.9 Å². The van der Waals surface area contributed by atoms with Gasteiger partial charge in [-0.25, -0.2) is 4.39 Å². The number of carbonyl (C=O) groups is 1. The number of halogens is 4. The monoisotopic (exact) mass is 373 g/mol. The smallest absolute Gasteiger partial charge is 0.359 e. The highest BCUT2D eigenvalue weighted by molar-refractivity contribution is 5.92. The van der Waals surface area contributed by atoms with Crippen LogP contribution in [0.25, 0.3) is 10.9 Å². The van der Waals surface area contributed by atoms with Crippen LogP contribution in [0.15, 0.2) is 18.2 Å². The van der Waals surface area contributed by atoms with Crippen LogP contribution in [0, 0.1) is 0 Å². The van der Waals surface area contributed by atoms with Crippen LogP contribution in [0.5, 0.6) is 0 Å². The second-order valence-electron chi connectivity index (χ2n) is 6.48. The summed E-state index contributed by atoms with van der Waals surface area (Å²) in [6, 6.07) is 3.67. The van der Waals surface area contributed by atoms with Gasteiger partial charge in [-0.05, 0) is 24.6 Å². The SMILES string of the molecule is Cn1nc(NCC(=O)NC2CNC2)c2cc(C(C)(F)C(F)(F)F)ccc21. The van der Waals surface area contributed by atoms with E-state index in [0.717, 1.165) is 12.1 Å². The predicted molar refractivity (Wildman–Crippen MR) is 88.5 cm³/mol. The summed E-state index contributed by atoms with van der Waals surface area (Å²) < 4.78 is 54.6. The molecule has 1 aromatic heterocycles. The highest BCUT2D eigenvalue weighted by atomic mass is 19.4. The van der Waals surface area contributed by atoms with Crippen LogP contribution in [0.3, 0.4) is 0 Å². The van der Waals surface area contributed by atoms with Gasteiger partial charge in [0.25, 0.3) is 0 Å². The molecule has 0 aliphatic carbocycles. The van der Waals surface area contributed by atoms with Gasteiger partial charge in [-0.3, -0.25) is 9.48 Å². The van der Waals surface area contributed by atoms with Crippen LogP contribution in [0.4, 0.5) is 23.4 Å². The lowest BCUT2D eigenvalue weighted by Gasteiger charge is -2.27. The number of aromatic nitrogens is 2. The molecule has 0 saturated carbocycles. The molecule has 2 aromatic rings. The fraction of sp³-hybridized carbons (Fsp3) is 0.500. The number of aryl methyl sites for hydroxylation is 1. The molecule has 1 aromatic carbocycles. The lowest BCUT2D eigenvalue weighted by Crippen LogP contribution is -2.57. The topological polar surface area (TPSA) is 71.0 Å². The van der Waals surface area contributed by atoms with Gasteiger partial charge < -0.3 is 16.0 Å². The van der Waals surface area contributed by atoms with Crippen LogP contribution < -0.4 is 16.0 Å². The highest BCUT2D eigenvalue weighted by Gasteiger charge is 2.53. The van der Waals surface area contributed by atoms with E-state index in [1.165, 1.54) is 10.7 Å². The maximum absolute atomic E-state index is 14.3. The Morgan fingerprint density at radius 2 is 2.04 bits per heavy atom. The molecule has 1 saturated heterocycles. The van der Waals surface area contributed by atoms with E-state index in [1.807, 2.05) is 0 Å². The van der Waals surface area contributed by atoms with E-state index in [9.17, 15) is 22.4 Å². The normalized spacial score (nSPS) is 17.6. The summed E-state index contributed by atoms with van der Waals surface area (Å²) in [6.45, 7) is 1.80. The molecule has 1 aliphatic rings. The number of benzene rings is 1. The van der Waals surface area contributed by atoms with E-state index < -0.39 is 17.4 Å². The number of carbonyl (C=O) groups excluding carboxylic acids is 1. The Morgan fingerprint density at radius 3 is 2.62 bits per heavy atom. The van der Waals surface area contributed by atoms with Crippen molar-refractivity contribution in [2.24, 2.45) is 7.05 Å². The van der Waals surface area contributed by atoms with Gasteiger partial charge in [-0.1, -0.05) is 6.07 Å². The van der Waals surface area contributed by atoms with Crippen molar-refractivity contribution in [3.8, 4) is 0 Å². The molecule has 1 unspecified atom stereocenters. The molecule has 1 aliphatic heterocycles. The van der Waals surface area contributed by atoms with Gasteiger partial charge in [-0.2, -0.15) is 18.3 Å². The standard InChI is InChI=1S/C16H19F4N5O/c1-15(17,16(18,19)20)9-3-4-12-11(5-9)14(24-25(12)2)22-8-13(26)23-10-6-21-7-10/h3-5,10,21H,6-8H2,1-2H3,(H,22,24)(H,23,26). The van der Waals surface area contributed by atoms with Gasteiger partial charge in [0.2, 0.25) is 11.6 Å². The first kappa shape index (κ1) is 18.4. The molecule has 3 rings (SSSR count). The fourth-order valence-corrected chi connectivity index (χ4v) is 2.69. The van der Waals surface area contributed by atoms with E-state index in [2.05, 4.69) is 21.0 Å². The molecule has 1 atom stereocenters. The zero-order chi connectivity index (χ0) is 19.1. The maximum Gasteiger partial charge on any atom is 0.426 e. The summed E-state index contributed by atoms with van der Waals surface area (Å²) >= 11 is 0. The van der Waals surface area contributed by atoms with Gasteiger partial charge in [0.05, 0.1) is 18.1 Å². The van der Waals surface area contributed by atoms with Crippen molar-refractivity contribution >= 4 is 22.6 Å². The van der Waals surface area contributed by atoms with Crippen LogP contribution >= 0.6 is 0 Å². The molecule has 3 N–H and O–H groups in total. The van der Waals surface area contributed by atoms with Gasteiger partial charge in [0, 0.05) is 25.5 Å². The van der Waals surface area contributed by atoms with Crippen molar-refractivity contribution in [2.45, 2.75) is 24.8 Å². The third kappa shape index (κ3) is 3.33. The summed E-state index contributed by atoms with van der Waals surface area (Å²) in [6.07, 6.45) is -5.03. The first-order chi connectivity index (χ1) is 12.1. The van der Waals surface area contributed by atoms with Crippen molar-refractivity contribution in [2.75, 3.05) is 25.0 Å². The first-order valence-electron chi connectivity index (χ1n) is 8.06. The van der Waals surface area contributed by atoms with E-state index in [4.69, 9.17) is 0 Å². The zero-order valence-electron chi connectivity index (χ0n) is 14.2. The molecule has 6 nitrogen and oxygen atoms in total. The third-order valence-electron chi connectivity index (χ3n) is 4.49. The Morgan fingerprint density at radius 1 is 1.35 bits per heavy atom. The molecule has 0 bridgehead atoms. The van der Waals surface area contributed by atoms with Crippen LogP contribution in [-0.4, -0.2) is 47.5 Å². The van der Waals surface area contributed by atoms with Gasteiger partial charge >= 0.3 is 6.18 Å². The Kier molecular flexibility index (Phi) is 4.55. The largest absolute Gasteiger partial charge is 0.426 e. The Bertz CT molecular complexity index is 826. The number of hydrogen-bond acceptors (Lipinski definition) is 4. The van der Waals surface area contributed by atoms with Crippen molar-refractivity contribution < 1.29 is 22.4 Å². The number of rotatable bonds is 5. The number of amides is 1. The Labute approximate surface area is 146 Å². The van der Waals surface area contributed by atoms with Gasteiger partial charge in [0.1, 0.15) is 0 Å². The molecule has 142 valence electrons. The summed E-state index contributed by atoms with van der Waals surface area (Å²) in [5, 5.41) is 13.1. The second-order valence-corrected chi connectivity index (χ2v) is 6.48. The minimum Gasteiger partial charge on any atom is -0.359 e. The molecule has 1 fully saturated rings. The minimum atomic E-state index is -5.03. The second kappa shape index (κ2) is 6.42. The molecule has 1 amide bonds. The molecule has 0 spiro atoms. The van der Waals surface area contributed by atoms with Crippen molar-refractivity contribution in [3.63, 3.8) is 0 Å². The summed E-state index contributed by atoms with van der Waals surface area (Å²) in [4.78, 5) is 11.9. The summed E-state index contributed by atoms with van der Waals surface area (Å²) in [5.74, 6) is -0.0266. The average molecular weight is 373 g/mol. The fourth-order valence-electron chi connectivity index (χ4n) is 2.69. The van der Waals surface area contributed by atoms with E-state index in [-0.39, 0.29) is 24.3 Å². The van der Waals surface area contributed by atoms with Gasteiger partial charge in [0.15, 0.2) is 5.82 Å². The molecule has 2 heterocycles. The molecular formula is C16H19F4N5O. The molecule has 26 heavy (non-hydrogen) atoms.